The highest BCUT2D eigenvalue weighted by molar-refractivity contribution is 7.95. The Balaban J connectivity index is 3.03. The van der Waals surface area contributed by atoms with E-state index in [0.29, 0.717) is 18.3 Å². The Hall–Kier alpha value is -1.89. The van der Waals surface area contributed by atoms with E-state index in [0.717, 1.165) is 6.07 Å². The minimum atomic E-state index is -0.640. The van der Waals surface area contributed by atoms with Crippen LogP contribution in [-0.2, 0) is 8.98 Å². The molecule has 0 saturated heterocycles. The number of nitro groups is 1. The van der Waals surface area contributed by atoms with Crippen LogP contribution in [0.25, 0.3) is 0 Å². The molecule has 0 radical (unpaired) electrons. The molecule has 1 rings (SSSR count). The van der Waals surface area contributed by atoms with E-state index in [1.165, 1.54) is 19.1 Å². The fourth-order valence-electron chi connectivity index (χ4n) is 0.924. The molecule has 0 heterocycles. The Bertz CT molecular complexity index is 446. The Morgan fingerprint density at radius 3 is 2.75 bits per heavy atom. The monoisotopic (exact) mass is 241 g/mol. The van der Waals surface area contributed by atoms with Crippen molar-refractivity contribution < 1.29 is 18.7 Å². The summed E-state index contributed by atoms with van der Waals surface area (Å²) in [6.45, 7) is 1.19. The van der Waals surface area contributed by atoms with Gasteiger partial charge in [0.2, 0.25) is 0 Å². The summed E-state index contributed by atoms with van der Waals surface area (Å²) in [5, 5.41) is 10.7. The molecule has 1 aromatic carbocycles. The van der Waals surface area contributed by atoms with Crippen LogP contribution in [0.15, 0.2) is 23.1 Å². The van der Waals surface area contributed by atoms with Gasteiger partial charge in [-0.25, -0.2) is 0 Å². The normalized spacial score (nSPS) is 9.56. The first kappa shape index (κ1) is 12.2. The fraction of sp³-hybridized carbons (Fsp3) is 0.111. The van der Waals surface area contributed by atoms with Gasteiger partial charge in [-0.1, -0.05) is 0 Å². The maximum atomic E-state index is 10.7. The van der Waals surface area contributed by atoms with Gasteiger partial charge in [-0.15, -0.1) is 0 Å². The van der Waals surface area contributed by atoms with E-state index >= 15 is 0 Å². The SMILES string of the molecule is CC(=O)OSc1ccc(C=O)cc1[N+](=O)[O-]. The van der Waals surface area contributed by atoms with E-state index in [1.54, 1.807) is 0 Å². The van der Waals surface area contributed by atoms with Crippen molar-refractivity contribution in [2.24, 2.45) is 0 Å². The number of benzene rings is 1. The average Bonchev–Trinajstić information content (AvgIpc) is 2.25. The number of nitro benzene ring substituents is 1. The third-order valence-electron chi connectivity index (χ3n) is 1.56. The number of nitrogens with zero attached hydrogens (tertiary/aromatic N) is 1. The summed E-state index contributed by atoms with van der Waals surface area (Å²) < 4.78 is 4.58. The van der Waals surface area contributed by atoms with E-state index in [4.69, 9.17) is 0 Å². The van der Waals surface area contributed by atoms with E-state index in [2.05, 4.69) is 4.18 Å². The Morgan fingerprint density at radius 2 is 2.25 bits per heavy atom. The summed E-state index contributed by atoms with van der Waals surface area (Å²) >= 11 is 0.596. The summed E-state index contributed by atoms with van der Waals surface area (Å²) in [6.07, 6.45) is 0.507. The van der Waals surface area contributed by atoms with Gasteiger partial charge in [0.1, 0.15) is 23.2 Å². The number of carbonyl (C=O) groups is 2. The summed E-state index contributed by atoms with van der Waals surface area (Å²) in [4.78, 5) is 31.2. The lowest BCUT2D eigenvalue weighted by molar-refractivity contribution is -0.387. The highest BCUT2D eigenvalue weighted by atomic mass is 32.2. The van der Waals surface area contributed by atoms with Crippen molar-refractivity contribution in [1.82, 2.24) is 0 Å². The van der Waals surface area contributed by atoms with Crippen molar-refractivity contribution in [2.75, 3.05) is 0 Å². The summed E-state index contributed by atoms with van der Waals surface area (Å²) in [5.41, 5.74) is -0.0743. The van der Waals surface area contributed by atoms with Crippen molar-refractivity contribution >= 4 is 30.0 Å². The second-order valence-electron chi connectivity index (χ2n) is 2.76. The average molecular weight is 241 g/mol. The van der Waals surface area contributed by atoms with Gasteiger partial charge in [-0.2, -0.15) is 0 Å². The number of hydrogen-bond donors (Lipinski definition) is 0. The quantitative estimate of drug-likeness (QED) is 0.346. The molecule has 0 atom stereocenters. The predicted molar refractivity (Wildman–Crippen MR) is 56.1 cm³/mol. The largest absolute Gasteiger partial charge is 0.386 e. The lowest BCUT2D eigenvalue weighted by atomic mass is 10.2. The smallest absolute Gasteiger partial charge is 0.315 e. The van der Waals surface area contributed by atoms with Crippen molar-refractivity contribution in [3.8, 4) is 0 Å². The van der Waals surface area contributed by atoms with Gasteiger partial charge in [-0.05, 0) is 12.1 Å². The summed E-state index contributed by atoms with van der Waals surface area (Å²) in [6, 6.07) is 3.89. The maximum absolute atomic E-state index is 10.7. The molecule has 0 saturated carbocycles. The van der Waals surface area contributed by atoms with Gasteiger partial charge in [0.15, 0.2) is 0 Å². The summed E-state index contributed by atoms with van der Waals surface area (Å²) in [5.74, 6) is -0.557. The molecule has 1 aromatic rings. The Morgan fingerprint density at radius 1 is 1.56 bits per heavy atom. The third-order valence-corrected chi connectivity index (χ3v) is 2.41. The van der Waals surface area contributed by atoms with Crippen LogP contribution in [0.2, 0.25) is 0 Å². The van der Waals surface area contributed by atoms with Crippen LogP contribution in [0, 0.1) is 10.1 Å². The van der Waals surface area contributed by atoms with Crippen molar-refractivity contribution in [1.29, 1.82) is 0 Å². The first-order valence-corrected chi connectivity index (χ1v) is 4.87. The molecule has 16 heavy (non-hydrogen) atoms. The standard InChI is InChI=1S/C9H7NO5S/c1-6(12)15-16-9-3-2-7(5-11)4-8(9)10(13)14/h2-5H,1H3. The number of hydrogen-bond acceptors (Lipinski definition) is 6. The van der Waals surface area contributed by atoms with Crippen LogP contribution >= 0.6 is 12.0 Å². The molecule has 0 amide bonds. The molecule has 0 N–H and O–H groups in total. The predicted octanol–water partition coefficient (Wildman–Crippen LogP) is 1.98. The van der Waals surface area contributed by atoms with E-state index < -0.39 is 10.9 Å². The lowest BCUT2D eigenvalue weighted by Gasteiger charge is -2.01. The molecular formula is C9H7NO5S. The molecule has 0 aromatic heterocycles. The van der Waals surface area contributed by atoms with Gasteiger partial charge in [0.25, 0.3) is 5.69 Å². The zero-order chi connectivity index (χ0) is 12.1. The van der Waals surface area contributed by atoms with Gasteiger partial charge >= 0.3 is 5.97 Å². The number of aldehydes is 1. The second-order valence-corrected chi connectivity index (χ2v) is 3.53. The van der Waals surface area contributed by atoms with Gasteiger partial charge in [-0.3, -0.25) is 19.7 Å². The van der Waals surface area contributed by atoms with E-state index in [-0.39, 0.29) is 16.1 Å². The molecule has 0 unspecified atom stereocenters. The van der Waals surface area contributed by atoms with Gasteiger partial charge < -0.3 is 4.18 Å². The Kier molecular flexibility index (Phi) is 4.01. The lowest BCUT2D eigenvalue weighted by Crippen LogP contribution is -1.95. The minimum absolute atomic E-state index is 0.172. The molecule has 0 aliphatic rings. The number of carbonyl (C=O) groups excluding carboxylic acids is 2. The maximum Gasteiger partial charge on any atom is 0.315 e. The van der Waals surface area contributed by atoms with Gasteiger partial charge in [0.05, 0.1) is 4.92 Å². The highest BCUT2D eigenvalue weighted by Crippen LogP contribution is 2.30. The first-order valence-electron chi connectivity index (χ1n) is 4.13. The molecule has 0 aliphatic heterocycles. The van der Waals surface area contributed by atoms with Gasteiger partial charge in [0, 0.05) is 18.6 Å². The van der Waals surface area contributed by atoms with E-state index in [1.807, 2.05) is 0 Å². The molecule has 0 fully saturated rings. The molecule has 6 nitrogen and oxygen atoms in total. The summed E-state index contributed by atoms with van der Waals surface area (Å²) in [7, 11) is 0. The topological polar surface area (TPSA) is 86.5 Å². The van der Waals surface area contributed by atoms with Crippen LogP contribution in [-0.4, -0.2) is 17.2 Å². The molecule has 7 heteroatoms. The van der Waals surface area contributed by atoms with Crippen molar-refractivity contribution in [3.63, 3.8) is 0 Å². The zero-order valence-electron chi connectivity index (χ0n) is 8.21. The van der Waals surface area contributed by atoms with Crippen molar-refractivity contribution in [2.45, 2.75) is 11.8 Å². The van der Waals surface area contributed by atoms with Crippen LogP contribution in [0.3, 0.4) is 0 Å². The molecule has 84 valence electrons. The second kappa shape index (κ2) is 5.26. The van der Waals surface area contributed by atoms with E-state index in [9.17, 15) is 19.7 Å². The fourth-order valence-corrected chi connectivity index (χ4v) is 1.47. The van der Waals surface area contributed by atoms with Crippen LogP contribution in [0.1, 0.15) is 17.3 Å². The Labute approximate surface area is 94.9 Å². The zero-order valence-corrected chi connectivity index (χ0v) is 9.02. The van der Waals surface area contributed by atoms with Crippen LogP contribution in [0.5, 0.6) is 0 Å². The van der Waals surface area contributed by atoms with Crippen LogP contribution < -0.4 is 0 Å². The molecule has 0 aliphatic carbocycles. The first-order chi connectivity index (χ1) is 7.54. The molecule has 0 bridgehead atoms. The third kappa shape index (κ3) is 3.06. The minimum Gasteiger partial charge on any atom is -0.386 e. The highest BCUT2D eigenvalue weighted by Gasteiger charge is 2.16. The molecular weight excluding hydrogens is 234 g/mol. The number of rotatable bonds is 4. The molecule has 0 spiro atoms. The van der Waals surface area contributed by atoms with Crippen molar-refractivity contribution in [3.05, 3.63) is 33.9 Å². The van der Waals surface area contributed by atoms with Crippen LogP contribution in [0.4, 0.5) is 5.69 Å².